The highest BCUT2D eigenvalue weighted by molar-refractivity contribution is 5.96. The molecule has 4 rings (SSSR count). The molecule has 1 amide bonds. The quantitative estimate of drug-likeness (QED) is 0.683. The third-order valence-electron chi connectivity index (χ3n) is 5.33. The second-order valence-electron chi connectivity index (χ2n) is 7.38. The average Bonchev–Trinajstić information content (AvgIpc) is 2.78. The molecule has 0 radical (unpaired) electrons. The first-order valence-corrected chi connectivity index (χ1v) is 10.2. The lowest BCUT2D eigenvalue weighted by molar-refractivity contribution is -0.116. The van der Waals surface area contributed by atoms with E-state index < -0.39 is 0 Å². The van der Waals surface area contributed by atoms with Crippen molar-refractivity contribution >= 4 is 28.3 Å². The van der Waals surface area contributed by atoms with Crippen molar-refractivity contribution < 1.29 is 9.53 Å². The Morgan fingerprint density at radius 2 is 1.97 bits per heavy atom. The molecule has 150 valence electrons. The fraction of sp³-hybridized carbons (Fsp3) is 0.348. The van der Waals surface area contributed by atoms with Gasteiger partial charge in [0.05, 0.1) is 12.6 Å². The van der Waals surface area contributed by atoms with Crippen LogP contribution in [0, 0.1) is 0 Å². The average molecular weight is 390 g/mol. The summed E-state index contributed by atoms with van der Waals surface area (Å²) < 4.78 is 5.24. The first-order valence-electron chi connectivity index (χ1n) is 10.2. The van der Waals surface area contributed by atoms with E-state index in [1.54, 1.807) is 13.4 Å². The van der Waals surface area contributed by atoms with Crippen molar-refractivity contribution in [2.75, 3.05) is 30.4 Å². The van der Waals surface area contributed by atoms with Gasteiger partial charge < -0.3 is 15.0 Å². The van der Waals surface area contributed by atoms with Crippen LogP contribution in [0.15, 0.2) is 48.8 Å². The predicted octanol–water partition coefficient (Wildman–Crippen LogP) is 4.20. The van der Waals surface area contributed by atoms with Crippen molar-refractivity contribution in [3.63, 3.8) is 0 Å². The molecule has 6 heteroatoms. The summed E-state index contributed by atoms with van der Waals surface area (Å²) in [6, 6.07) is 13.7. The third kappa shape index (κ3) is 4.65. The lowest BCUT2D eigenvalue weighted by Gasteiger charge is -2.28. The highest BCUT2D eigenvalue weighted by Crippen LogP contribution is 2.28. The van der Waals surface area contributed by atoms with Gasteiger partial charge in [0.15, 0.2) is 0 Å². The van der Waals surface area contributed by atoms with Crippen LogP contribution in [0.2, 0.25) is 0 Å². The molecule has 1 fully saturated rings. The first kappa shape index (κ1) is 19.2. The van der Waals surface area contributed by atoms with Crippen LogP contribution < -0.4 is 15.0 Å². The number of aryl methyl sites for hydroxylation is 1. The monoisotopic (exact) mass is 390 g/mol. The van der Waals surface area contributed by atoms with Crippen LogP contribution >= 0.6 is 0 Å². The molecule has 0 saturated carbocycles. The Hall–Kier alpha value is -3.15. The van der Waals surface area contributed by atoms with Gasteiger partial charge in [0, 0.05) is 30.6 Å². The smallest absolute Gasteiger partial charge is 0.224 e. The molecule has 0 atom stereocenters. The van der Waals surface area contributed by atoms with Crippen molar-refractivity contribution in [3.8, 4) is 5.75 Å². The number of hydrogen-bond donors (Lipinski definition) is 1. The standard InChI is InChI=1S/C23H26N4O2/c1-29-19-7-5-6-17(14-19)8-11-22(28)26-18-9-10-21-20(15-18)23(25-16-24-21)27-12-3-2-4-13-27/h5-7,9-10,14-16H,2-4,8,11-13H2,1H3,(H,26,28). The van der Waals surface area contributed by atoms with Gasteiger partial charge in [0.1, 0.15) is 17.9 Å². The second kappa shape index (κ2) is 8.90. The summed E-state index contributed by atoms with van der Waals surface area (Å²) in [6.07, 6.45) is 6.35. The van der Waals surface area contributed by atoms with E-state index in [0.717, 1.165) is 46.8 Å². The van der Waals surface area contributed by atoms with Gasteiger partial charge in [-0.1, -0.05) is 12.1 Å². The number of fused-ring (bicyclic) bond motifs is 1. The molecular weight excluding hydrogens is 364 g/mol. The number of piperidine rings is 1. The van der Waals surface area contributed by atoms with Crippen LogP contribution in [-0.4, -0.2) is 36.1 Å². The first-order chi connectivity index (χ1) is 14.2. The molecule has 1 saturated heterocycles. The fourth-order valence-corrected chi connectivity index (χ4v) is 3.79. The number of amides is 1. The van der Waals surface area contributed by atoms with Crippen LogP contribution in [0.5, 0.6) is 5.75 Å². The Morgan fingerprint density at radius 3 is 2.79 bits per heavy atom. The number of carbonyl (C=O) groups is 1. The minimum Gasteiger partial charge on any atom is -0.497 e. The maximum Gasteiger partial charge on any atom is 0.224 e. The van der Waals surface area contributed by atoms with E-state index >= 15 is 0 Å². The molecule has 0 spiro atoms. The van der Waals surface area contributed by atoms with Crippen LogP contribution in [0.1, 0.15) is 31.2 Å². The van der Waals surface area contributed by atoms with Crippen LogP contribution in [0.4, 0.5) is 11.5 Å². The number of carbonyl (C=O) groups excluding carboxylic acids is 1. The maximum atomic E-state index is 12.5. The molecule has 1 aliphatic rings. The molecule has 2 heterocycles. The lowest BCUT2D eigenvalue weighted by atomic mass is 10.1. The summed E-state index contributed by atoms with van der Waals surface area (Å²) in [6.45, 7) is 2.03. The minimum absolute atomic E-state index is 0.0106. The molecule has 0 bridgehead atoms. The van der Waals surface area contributed by atoms with Gasteiger partial charge in [-0.05, 0) is 61.6 Å². The van der Waals surface area contributed by atoms with Crippen LogP contribution in [-0.2, 0) is 11.2 Å². The number of benzene rings is 2. The van der Waals surface area contributed by atoms with Crippen LogP contribution in [0.25, 0.3) is 10.9 Å². The van der Waals surface area contributed by atoms with E-state index in [0.29, 0.717) is 12.8 Å². The van der Waals surface area contributed by atoms with E-state index in [1.807, 2.05) is 42.5 Å². The molecule has 3 aromatic rings. The topological polar surface area (TPSA) is 67.3 Å². The summed E-state index contributed by atoms with van der Waals surface area (Å²) in [7, 11) is 1.65. The lowest BCUT2D eigenvalue weighted by Crippen LogP contribution is -2.30. The largest absolute Gasteiger partial charge is 0.497 e. The number of ether oxygens (including phenoxy) is 1. The number of anilines is 2. The van der Waals surface area contributed by atoms with E-state index in [4.69, 9.17) is 4.74 Å². The number of nitrogens with one attached hydrogen (secondary N) is 1. The van der Waals surface area contributed by atoms with E-state index in [-0.39, 0.29) is 5.91 Å². The second-order valence-corrected chi connectivity index (χ2v) is 7.38. The summed E-state index contributed by atoms with van der Waals surface area (Å²) in [5.74, 6) is 1.76. The molecule has 1 aromatic heterocycles. The van der Waals surface area contributed by atoms with Gasteiger partial charge in [0.25, 0.3) is 0 Å². The Balaban J connectivity index is 1.46. The number of methoxy groups -OCH3 is 1. The highest BCUT2D eigenvalue weighted by atomic mass is 16.5. The predicted molar refractivity (Wildman–Crippen MR) is 116 cm³/mol. The van der Waals surface area contributed by atoms with Crippen molar-refractivity contribution in [2.24, 2.45) is 0 Å². The highest BCUT2D eigenvalue weighted by Gasteiger charge is 2.16. The number of aromatic nitrogens is 2. The van der Waals surface area contributed by atoms with Crippen molar-refractivity contribution in [3.05, 3.63) is 54.4 Å². The molecular formula is C23H26N4O2. The van der Waals surface area contributed by atoms with Gasteiger partial charge in [0.2, 0.25) is 5.91 Å². The number of nitrogens with zero attached hydrogens (tertiary/aromatic N) is 3. The SMILES string of the molecule is COc1cccc(CCC(=O)Nc2ccc3ncnc(N4CCCCC4)c3c2)c1. The minimum atomic E-state index is -0.0106. The molecule has 6 nitrogen and oxygen atoms in total. The zero-order valence-electron chi connectivity index (χ0n) is 16.7. The Kier molecular flexibility index (Phi) is 5.89. The molecule has 1 aliphatic heterocycles. The summed E-state index contributed by atoms with van der Waals surface area (Å²) in [4.78, 5) is 23.7. The van der Waals surface area contributed by atoms with Gasteiger partial charge in [-0.3, -0.25) is 4.79 Å². The Bertz CT molecular complexity index is 999. The van der Waals surface area contributed by atoms with E-state index in [1.165, 1.54) is 19.3 Å². The van der Waals surface area contributed by atoms with Crippen LogP contribution in [0.3, 0.4) is 0 Å². The van der Waals surface area contributed by atoms with Gasteiger partial charge in [-0.2, -0.15) is 0 Å². The fourth-order valence-electron chi connectivity index (χ4n) is 3.79. The molecule has 0 aliphatic carbocycles. The summed E-state index contributed by atoms with van der Waals surface area (Å²) in [5.41, 5.74) is 2.76. The maximum absolute atomic E-state index is 12.5. The number of rotatable bonds is 6. The van der Waals surface area contributed by atoms with Gasteiger partial charge >= 0.3 is 0 Å². The van der Waals surface area contributed by atoms with E-state index in [9.17, 15) is 4.79 Å². The summed E-state index contributed by atoms with van der Waals surface area (Å²) >= 11 is 0. The third-order valence-corrected chi connectivity index (χ3v) is 5.33. The molecule has 29 heavy (non-hydrogen) atoms. The Morgan fingerprint density at radius 1 is 1.10 bits per heavy atom. The van der Waals surface area contributed by atoms with Crippen molar-refractivity contribution in [1.82, 2.24) is 9.97 Å². The molecule has 0 unspecified atom stereocenters. The number of hydrogen-bond acceptors (Lipinski definition) is 5. The summed E-state index contributed by atoms with van der Waals surface area (Å²) in [5, 5.41) is 4.00. The van der Waals surface area contributed by atoms with Gasteiger partial charge in [-0.25, -0.2) is 9.97 Å². The van der Waals surface area contributed by atoms with Gasteiger partial charge in [-0.15, -0.1) is 0 Å². The zero-order chi connectivity index (χ0) is 20.1. The van der Waals surface area contributed by atoms with E-state index in [2.05, 4.69) is 20.2 Å². The molecule has 1 N–H and O–H groups in total. The molecule has 2 aromatic carbocycles. The normalized spacial score (nSPS) is 14.0. The Labute approximate surface area is 170 Å². The van der Waals surface area contributed by atoms with Crippen molar-refractivity contribution in [2.45, 2.75) is 32.1 Å². The van der Waals surface area contributed by atoms with Crippen molar-refractivity contribution in [1.29, 1.82) is 0 Å². The zero-order valence-corrected chi connectivity index (χ0v) is 16.7.